The van der Waals surface area contributed by atoms with Gasteiger partial charge in [-0.15, -0.1) is 0 Å². The van der Waals surface area contributed by atoms with Crippen LogP contribution in [0.3, 0.4) is 0 Å². The van der Waals surface area contributed by atoms with Gasteiger partial charge in [0, 0.05) is 12.6 Å². The van der Waals surface area contributed by atoms with Gasteiger partial charge in [-0.25, -0.2) is 0 Å². The van der Waals surface area contributed by atoms with E-state index in [2.05, 4.69) is 66.8 Å². The Hall–Kier alpha value is -1.60. The van der Waals surface area contributed by atoms with Crippen LogP contribution in [0.5, 0.6) is 0 Å². The third kappa shape index (κ3) is 2.19. The van der Waals surface area contributed by atoms with Crippen LogP contribution in [-0.2, 0) is 13.0 Å². The summed E-state index contributed by atoms with van der Waals surface area (Å²) in [6, 6.07) is 20.1. The van der Waals surface area contributed by atoms with Crippen LogP contribution in [0.4, 0.5) is 0 Å². The van der Waals surface area contributed by atoms with Gasteiger partial charge >= 0.3 is 0 Å². The Bertz CT molecular complexity index is 518. The second-order valence-electron chi connectivity index (χ2n) is 5.16. The fraction of sp³-hybridized carbons (Fsp3) is 0.294. The lowest BCUT2D eigenvalue weighted by atomic mass is 9.83. The first kappa shape index (κ1) is 11.5. The van der Waals surface area contributed by atoms with Gasteiger partial charge in [-0.1, -0.05) is 61.5 Å². The predicted molar refractivity (Wildman–Crippen MR) is 75.6 cm³/mol. The molecule has 0 bridgehead atoms. The zero-order valence-corrected chi connectivity index (χ0v) is 10.8. The standard InChI is InChI=1S/C17H19N/c1-13-16-10-6-5-9-15(16)12-18-17(13)11-14-7-3-2-4-8-14/h2-10,13,17-18H,11-12H2,1H3. The van der Waals surface area contributed by atoms with E-state index in [4.69, 9.17) is 0 Å². The largest absolute Gasteiger partial charge is 0.309 e. The molecule has 1 aliphatic heterocycles. The topological polar surface area (TPSA) is 12.0 Å². The Morgan fingerprint density at radius 2 is 1.72 bits per heavy atom. The molecule has 2 unspecified atom stereocenters. The minimum absolute atomic E-state index is 0.544. The molecule has 0 aromatic heterocycles. The van der Waals surface area contributed by atoms with Crippen molar-refractivity contribution >= 4 is 0 Å². The molecule has 0 fully saturated rings. The van der Waals surface area contributed by atoms with Crippen LogP contribution in [0.2, 0.25) is 0 Å². The molecule has 1 aliphatic rings. The maximum absolute atomic E-state index is 3.67. The number of hydrogen-bond acceptors (Lipinski definition) is 1. The van der Waals surface area contributed by atoms with Gasteiger partial charge in [0.25, 0.3) is 0 Å². The minimum atomic E-state index is 0.544. The second-order valence-corrected chi connectivity index (χ2v) is 5.16. The van der Waals surface area contributed by atoms with Crippen LogP contribution < -0.4 is 5.32 Å². The molecule has 18 heavy (non-hydrogen) atoms. The highest BCUT2D eigenvalue weighted by Gasteiger charge is 2.25. The average molecular weight is 237 g/mol. The summed E-state index contributed by atoms with van der Waals surface area (Å²) in [5.74, 6) is 0.579. The SMILES string of the molecule is CC1c2ccccc2CNC1Cc1ccccc1. The molecule has 0 radical (unpaired) electrons. The van der Waals surface area contributed by atoms with Crippen molar-refractivity contribution in [3.63, 3.8) is 0 Å². The summed E-state index contributed by atoms with van der Waals surface area (Å²) < 4.78 is 0. The molecular formula is C17H19N. The highest BCUT2D eigenvalue weighted by atomic mass is 14.9. The minimum Gasteiger partial charge on any atom is -0.309 e. The van der Waals surface area contributed by atoms with Crippen LogP contribution in [0.15, 0.2) is 54.6 Å². The van der Waals surface area contributed by atoms with E-state index < -0.39 is 0 Å². The lowest BCUT2D eigenvalue weighted by Gasteiger charge is -2.32. The maximum atomic E-state index is 3.67. The van der Waals surface area contributed by atoms with Crippen molar-refractivity contribution in [1.82, 2.24) is 5.32 Å². The van der Waals surface area contributed by atoms with Crippen molar-refractivity contribution in [3.8, 4) is 0 Å². The predicted octanol–water partition coefficient (Wildman–Crippen LogP) is 3.50. The lowest BCUT2D eigenvalue weighted by molar-refractivity contribution is 0.417. The molecule has 1 heteroatoms. The molecule has 1 N–H and O–H groups in total. The first-order chi connectivity index (χ1) is 8.84. The van der Waals surface area contributed by atoms with E-state index in [0.29, 0.717) is 12.0 Å². The molecule has 2 aromatic carbocycles. The summed E-state index contributed by atoms with van der Waals surface area (Å²) in [5.41, 5.74) is 4.38. The molecule has 0 amide bonds. The third-order valence-corrected chi connectivity index (χ3v) is 4.00. The van der Waals surface area contributed by atoms with Crippen LogP contribution in [0.25, 0.3) is 0 Å². The van der Waals surface area contributed by atoms with Gasteiger partial charge < -0.3 is 5.32 Å². The Morgan fingerprint density at radius 1 is 1.00 bits per heavy atom. The van der Waals surface area contributed by atoms with E-state index in [0.717, 1.165) is 13.0 Å². The van der Waals surface area contributed by atoms with Gasteiger partial charge in [0.1, 0.15) is 0 Å². The fourth-order valence-electron chi connectivity index (χ4n) is 2.89. The van der Waals surface area contributed by atoms with E-state index in [1.807, 2.05) is 0 Å². The Morgan fingerprint density at radius 3 is 2.56 bits per heavy atom. The molecule has 0 saturated heterocycles. The first-order valence-electron chi connectivity index (χ1n) is 6.69. The molecule has 0 aliphatic carbocycles. The van der Waals surface area contributed by atoms with Gasteiger partial charge in [0.15, 0.2) is 0 Å². The number of benzene rings is 2. The summed E-state index contributed by atoms with van der Waals surface area (Å²) in [6.45, 7) is 3.33. The van der Waals surface area contributed by atoms with Gasteiger partial charge in [-0.2, -0.15) is 0 Å². The highest BCUT2D eigenvalue weighted by Crippen LogP contribution is 2.29. The maximum Gasteiger partial charge on any atom is 0.0211 e. The average Bonchev–Trinajstić information content (AvgIpc) is 2.43. The summed E-state index contributed by atoms with van der Waals surface area (Å²) >= 11 is 0. The van der Waals surface area contributed by atoms with E-state index in [9.17, 15) is 0 Å². The molecule has 92 valence electrons. The van der Waals surface area contributed by atoms with E-state index >= 15 is 0 Å². The lowest BCUT2D eigenvalue weighted by Crippen LogP contribution is -2.39. The second kappa shape index (κ2) is 4.95. The van der Waals surface area contributed by atoms with Crippen LogP contribution >= 0.6 is 0 Å². The summed E-state index contributed by atoms with van der Waals surface area (Å²) in [7, 11) is 0. The van der Waals surface area contributed by atoms with Gasteiger partial charge in [0.05, 0.1) is 0 Å². The Labute approximate surface area is 109 Å². The van der Waals surface area contributed by atoms with Crippen LogP contribution in [0, 0.1) is 0 Å². The molecule has 3 rings (SSSR count). The summed E-state index contributed by atoms with van der Waals surface area (Å²) in [4.78, 5) is 0. The van der Waals surface area contributed by atoms with Crippen LogP contribution in [-0.4, -0.2) is 6.04 Å². The first-order valence-corrected chi connectivity index (χ1v) is 6.69. The Balaban J connectivity index is 1.81. The molecule has 0 spiro atoms. The van der Waals surface area contributed by atoms with Gasteiger partial charge in [-0.05, 0) is 29.0 Å². The summed E-state index contributed by atoms with van der Waals surface area (Å²) in [6.07, 6.45) is 1.11. The zero-order chi connectivity index (χ0) is 12.4. The monoisotopic (exact) mass is 237 g/mol. The zero-order valence-electron chi connectivity index (χ0n) is 10.8. The molecule has 1 nitrogen and oxygen atoms in total. The van der Waals surface area contributed by atoms with Crippen molar-refractivity contribution in [2.75, 3.05) is 0 Å². The smallest absolute Gasteiger partial charge is 0.0211 e. The molecule has 1 heterocycles. The molecular weight excluding hydrogens is 218 g/mol. The molecule has 2 atom stereocenters. The van der Waals surface area contributed by atoms with Crippen molar-refractivity contribution < 1.29 is 0 Å². The van der Waals surface area contributed by atoms with E-state index in [-0.39, 0.29) is 0 Å². The highest BCUT2D eigenvalue weighted by molar-refractivity contribution is 5.34. The number of rotatable bonds is 2. The summed E-state index contributed by atoms with van der Waals surface area (Å²) in [5, 5.41) is 3.67. The van der Waals surface area contributed by atoms with Gasteiger partial charge in [0.2, 0.25) is 0 Å². The Kier molecular flexibility index (Phi) is 3.16. The number of hydrogen-bond donors (Lipinski definition) is 1. The van der Waals surface area contributed by atoms with Crippen LogP contribution in [0.1, 0.15) is 29.5 Å². The van der Waals surface area contributed by atoms with E-state index in [1.165, 1.54) is 16.7 Å². The third-order valence-electron chi connectivity index (χ3n) is 4.00. The number of fused-ring (bicyclic) bond motifs is 1. The van der Waals surface area contributed by atoms with Crippen molar-refractivity contribution in [3.05, 3.63) is 71.3 Å². The molecule has 0 saturated carbocycles. The normalized spacial score (nSPS) is 22.5. The quantitative estimate of drug-likeness (QED) is 0.843. The van der Waals surface area contributed by atoms with E-state index in [1.54, 1.807) is 0 Å². The fourth-order valence-corrected chi connectivity index (χ4v) is 2.89. The number of nitrogens with one attached hydrogen (secondary N) is 1. The van der Waals surface area contributed by atoms with Gasteiger partial charge in [-0.3, -0.25) is 0 Å². The van der Waals surface area contributed by atoms with Crippen molar-refractivity contribution in [2.24, 2.45) is 0 Å². The molecule has 2 aromatic rings. The van der Waals surface area contributed by atoms with Crippen molar-refractivity contribution in [2.45, 2.75) is 31.8 Å². The van der Waals surface area contributed by atoms with Crippen molar-refractivity contribution in [1.29, 1.82) is 0 Å².